The van der Waals surface area contributed by atoms with Crippen molar-refractivity contribution in [1.29, 1.82) is 0 Å². The number of benzene rings is 2. The van der Waals surface area contributed by atoms with Crippen LogP contribution < -0.4 is 10.6 Å². The Morgan fingerprint density at radius 2 is 1.76 bits per heavy atom. The van der Waals surface area contributed by atoms with E-state index in [0.717, 1.165) is 11.6 Å². The van der Waals surface area contributed by atoms with Crippen molar-refractivity contribution in [1.82, 2.24) is 15.5 Å². The van der Waals surface area contributed by atoms with Crippen LogP contribution in [-0.2, 0) is 0 Å². The first kappa shape index (κ1) is 20.2. The molecule has 3 rings (SSSR count). The first-order valence-electron chi connectivity index (χ1n) is 8.95. The number of aromatic nitrogens is 2. The zero-order valence-corrected chi connectivity index (χ0v) is 16.3. The fraction of sp³-hybridized carbons (Fsp3) is 0.190. The minimum Gasteiger partial charge on any atom is -0.309 e. The molecule has 150 valence electrons. The van der Waals surface area contributed by atoms with Crippen LogP contribution >= 0.6 is 0 Å². The number of H-pyrrole nitrogens is 1. The Bertz CT molecular complexity index is 1040. The van der Waals surface area contributed by atoms with Crippen LogP contribution in [-0.4, -0.2) is 27.6 Å². The molecule has 0 atom stereocenters. The molecule has 0 saturated carbocycles. The molecule has 1 heterocycles. The van der Waals surface area contributed by atoms with E-state index in [1.54, 1.807) is 18.2 Å². The molecule has 29 heavy (non-hydrogen) atoms. The van der Waals surface area contributed by atoms with Gasteiger partial charge in [-0.15, -0.1) is 0 Å². The van der Waals surface area contributed by atoms with Gasteiger partial charge in [0, 0.05) is 11.6 Å². The van der Waals surface area contributed by atoms with Crippen molar-refractivity contribution >= 4 is 17.7 Å². The maximum absolute atomic E-state index is 13.4. The minimum atomic E-state index is -0.505. The summed E-state index contributed by atoms with van der Waals surface area (Å²) in [6.07, 6.45) is 0. The summed E-state index contributed by atoms with van der Waals surface area (Å²) in [5, 5.41) is 12.6. The van der Waals surface area contributed by atoms with Crippen LogP contribution in [0.15, 0.2) is 59.6 Å². The van der Waals surface area contributed by atoms with Gasteiger partial charge in [0.05, 0.1) is 11.2 Å². The number of carbonyl (C=O) groups excluding carboxylic acids is 1. The predicted octanol–water partition coefficient (Wildman–Crippen LogP) is 4.35. The van der Waals surface area contributed by atoms with Crippen molar-refractivity contribution in [2.24, 2.45) is 4.99 Å². The standard InChI is InChI=1S/C21H21F2N5O/c1-21(2,3)26-20(25-19(29)14-5-4-6-16(23)11-14)24-18-12-17(27-28-18)13-7-9-15(22)10-8-13/h4-12H,1-3H3,(H3,24,25,26,27,28,29). The third-order valence-electron chi connectivity index (χ3n) is 3.75. The number of hydrogen-bond acceptors (Lipinski definition) is 3. The Labute approximate surface area is 167 Å². The molecule has 0 spiro atoms. The third kappa shape index (κ3) is 5.71. The van der Waals surface area contributed by atoms with E-state index >= 15 is 0 Å². The zero-order valence-electron chi connectivity index (χ0n) is 16.3. The van der Waals surface area contributed by atoms with Gasteiger partial charge in [-0.1, -0.05) is 6.07 Å². The second-order valence-electron chi connectivity index (χ2n) is 7.39. The average Bonchev–Trinajstić information content (AvgIpc) is 3.09. The van der Waals surface area contributed by atoms with E-state index in [1.807, 2.05) is 20.8 Å². The molecule has 0 unspecified atom stereocenters. The summed E-state index contributed by atoms with van der Waals surface area (Å²) in [4.78, 5) is 16.9. The lowest BCUT2D eigenvalue weighted by Crippen LogP contribution is -2.38. The monoisotopic (exact) mass is 397 g/mol. The summed E-state index contributed by atoms with van der Waals surface area (Å²) in [5.41, 5.74) is 1.10. The summed E-state index contributed by atoms with van der Waals surface area (Å²) in [5.74, 6) is -0.757. The molecule has 1 amide bonds. The molecule has 0 bridgehead atoms. The molecule has 0 aliphatic carbocycles. The van der Waals surface area contributed by atoms with E-state index < -0.39 is 17.3 Å². The lowest BCUT2D eigenvalue weighted by atomic mass is 10.1. The number of nitrogens with one attached hydrogen (secondary N) is 3. The molecule has 0 radical (unpaired) electrons. The van der Waals surface area contributed by atoms with E-state index in [9.17, 15) is 13.6 Å². The highest BCUT2D eigenvalue weighted by molar-refractivity contribution is 6.09. The normalized spacial score (nSPS) is 12.0. The third-order valence-corrected chi connectivity index (χ3v) is 3.75. The van der Waals surface area contributed by atoms with Gasteiger partial charge in [-0.2, -0.15) is 5.10 Å². The van der Waals surface area contributed by atoms with Gasteiger partial charge in [0.1, 0.15) is 11.6 Å². The van der Waals surface area contributed by atoms with E-state index in [4.69, 9.17) is 0 Å². The SMILES string of the molecule is CC(C)(C)N=C(NC(=O)c1cccc(F)c1)Nc1cc(-c2ccc(F)cc2)[nH]n1. The highest BCUT2D eigenvalue weighted by Gasteiger charge is 2.16. The lowest BCUT2D eigenvalue weighted by Gasteiger charge is -2.17. The van der Waals surface area contributed by atoms with Crippen molar-refractivity contribution < 1.29 is 13.6 Å². The summed E-state index contributed by atoms with van der Waals surface area (Å²) >= 11 is 0. The van der Waals surface area contributed by atoms with Crippen molar-refractivity contribution in [2.45, 2.75) is 26.3 Å². The van der Waals surface area contributed by atoms with Gasteiger partial charge in [-0.25, -0.2) is 13.8 Å². The molecular formula is C21H21F2N5O. The van der Waals surface area contributed by atoms with Gasteiger partial charge in [0.15, 0.2) is 5.82 Å². The maximum Gasteiger partial charge on any atom is 0.258 e. The number of anilines is 1. The highest BCUT2D eigenvalue weighted by Crippen LogP contribution is 2.20. The van der Waals surface area contributed by atoms with Gasteiger partial charge in [0.25, 0.3) is 5.91 Å². The largest absolute Gasteiger partial charge is 0.309 e. The van der Waals surface area contributed by atoms with Crippen LogP contribution in [0, 0.1) is 11.6 Å². The van der Waals surface area contributed by atoms with Crippen LogP contribution in [0.5, 0.6) is 0 Å². The zero-order chi connectivity index (χ0) is 21.0. The van der Waals surface area contributed by atoms with Gasteiger partial charge in [-0.3, -0.25) is 15.2 Å². The number of aromatic amines is 1. The van der Waals surface area contributed by atoms with E-state index in [-0.39, 0.29) is 17.3 Å². The quantitative estimate of drug-likeness (QED) is 0.454. The van der Waals surface area contributed by atoms with Crippen molar-refractivity contribution in [3.63, 3.8) is 0 Å². The summed E-state index contributed by atoms with van der Waals surface area (Å²) in [7, 11) is 0. The Hall–Kier alpha value is -3.55. The van der Waals surface area contributed by atoms with E-state index in [0.29, 0.717) is 11.5 Å². The Kier molecular flexibility index (Phi) is 5.72. The first-order valence-corrected chi connectivity index (χ1v) is 8.95. The van der Waals surface area contributed by atoms with E-state index in [2.05, 4.69) is 25.8 Å². The second-order valence-corrected chi connectivity index (χ2v) is 7.39. The molecule has 6 nitrogen and oxygen atoms in total. The van der Waals surface area contributed by atoms with Crippen LogP contribution in [0.25, 0.3) is 11.3 Å². The van der Waals surface area contributed by atoms with Crippen LogP contribution in [0.4, 0.5) is 14.6 Å². The smallest absolute Gasteiger partial charge is 0.258 e. The maximum atomic E-state index is 13.4. The predicted molar refractivity (Wildman–Crippen MR) is 109 cm³/mol. The van der Waals surface area contributed by atoms with Gasteiger partial charge in [0.2, 0.25) is 5.96 Å². The summed E-state index contributed by atoms with van der Waals surface area (Å²) < 4.78 is 26.5. The van der Waals surface area contributed by atoms with Gasteiger partial charge >= 0.3 is 0 Å². The molecule has 0 aliphatic heterocycles. The Balaban J connectivity index is 1.80. The molecule has 2 aromatic carbocycles. The molecule has 3 N–H and O–H groups in total. The topological polar surface area (TPSA) is 82.2 Å². The molecule has 0 fully saturated rings. The lowest BCUT2D eigenvalue weighted by molar-refractivity contribution is 0.0976. The van der Waals surface area contributed by atoms with Crippen molar-refractivity contribution in [2.75, 3.05) is 5.32 Å². The highest BCUT2D eigenvalue weighted by atomic mass is 19.1. The summed E-state index contributed by atoms with van der Waals surface area (Å²) in [6.45, 7) is 5.62. The Morgan fingerprint density at radius 3 is 2.41 bits per heavy atom. The number of rotatable bonds is 3. The average molecular weight is 397 g/mol. The number of nitrogens with zero attached hydrogens (tertiary/aromatic N) is 2. The van der Waals surface area contributed by atoms with Gasteiger partial charge in [-0.05, 0) is 68.8 Å². The molecule has 0 saturated heterocycles. The summed E-state index contributed by atoms with van der Waals surface area (Å²) in [6, 6.07) is 13.1. The van der Waals surface area contributed by atoms with Crippen molar-refractivity contribution in [3.8, 4) is 11.3 Å². The molecule has 1 aromatic heterocycles. The molecular weight excluding hydrogens is 376 g/mol. The van der Waals surface area contributed by atoms with E-state index in [1.165, 1.54) is 30.3 Å². The molecule has 8 heteroatoms. The molecule has 3 aromatic rings. The number of halogens is 2. The molecule has 0 aliphatic rings. The number of carbonyl (C=O) groups is 1. The minimum absolute atomic E-state index is 0.169. The number of hydrogen-bond donors (Lipinski definition) is 3. The van der Waals surface area contributed by atoms with Crippen LogP contribution in [0.3, 0.4) is 0 Å². The van der Waals surface area contributed by atoms with Gasteiger partial charge < -0.3 is 5.32 Å². The first-order chi connectivity index (χ1) is 13.7. The number of guanidine groups is 1. The Morgan fingerprint density at radius 1 is 1.03 bits per heavy atom. The second kappa shape index (κ2) is 8.22. The van der Waals surface area contributed by atoms with Crippen molar-refractivity contribution in [3.05, 3.63) is 71.8 Å². The fourth-order valence-electron chi connectivity index (χ4n) is 2.52. The van der Waals surface area contributed by atoms with Crippen LogP contribution in [0.2, 0.25) is 0 Å². The number of aliphatic imine (C=N–C) groups is 1. The number of amides is 1. The fourth-order valence-corrected chi connectivity index (χ4v) is 2.52. The van der Waals surface area contributed by atoms with Crippen LogP contribution in [0.1, 0.15) is 31.1 Å².